The summed E-state index contributed by atoms with van der Waals surface area (Å²) < 4.78 is 40.1. The van der Waals surface area contributed by atoms with E-state index in [9.17, 15) is 13.2 Å². The molecule has 0 bridgehead atoms. The number of halogens is 3. The van der Waals surface area contributed by atoms with Crippen LogP contribution in [0, 0.1) is 0 Å². The molecule has 0 spiro atoms. The van der Waals surface area contributed by atoms with Crippen molar-refractivity contribution in [2.75, 3.05) is 13.0 Å². The van der Waals surface area contributed by atoms with Crippen molar-refractivity contribution in [1.29, 1.82) is 0 Å². The zero-order valence-electron chi connectivity index (χ0n) is 7.88. The predicted octanol–water partition coefficient (Wildman–Crippen LogP) is 0.415. The summed E-state index contributed by atoms with van der Waals surface area (Å²) in [5, 5.41) is 17.1. The summed E-state index contributed by atoms with van der Waals surface area (Å²) in [5.74, 6) is 0. The second kappa shape index (κ2) is 3.71. The summed E-state index contributed by atoms with van der Waals surface area (Å²) in [4.78, 5) is 0.473. The van der Waals surface area contributed by atoms with Crippen molar-refractivity contribution >= 4 is 7.12 Å². The third-order valence-corrected chi connectivity index (χ3v) is 2.48. The van der Waals surface area contributed by atoms with Gasteiger partial charge in [-0.05, 0) is 19.8 Å². The van der Waals surface area contributed by atoms with Crippen molar-refractivity contribution in [3.8, 4) is 0 Å². The number of piperidine rings is 1. The van der Waals surface area contributed by atoms with Gasteiger partial charge in [-0.15, -0.1) is 0 Å². The minimum absolute atomic E-state index is 0.0237. The minimum atomic E-state index is -3.63. The van der Waals surface area contributed by atoms with E-state index in [1.165, 1.54) is 0 Å². The second-order valence-electron chi connectivity index (χ2n) is 3.77. The Morgan fingerprint density at radius 2 is 1.93 bits per heavy atom. The fourth-order valence-electron chi connectivity index (χ4n) is 1.63. The van der Waals surface area contributed by atoms with Crippen LogP contribution in [0.4, 0.5) is 13.2 Å². The average Bonchev–Trinajstić information content (AvgIpc) is 1.98. The summed E-state index contributed by atoms with van der Waals surface area (Å²) in [5.41, 5.74) is -2.60. The molecule has 1 fully saturated rings. The van der Waals surface area contributed by atoms with E-state index < -0.39 is 25.3 Å². The Morgan fingerprint density at radius 1 is 1.36 bits per heavy atom. The molecule has 0 unspecified atom stereocenters. The first-order valence-electron chi connectivity index (χ1n) is 4.45. The van der Waals surface area contributed by atoms with Crippen LogP contribution in [0.5, 0.6) is 0 Å². The first-order chi connectivity index (χ1) is 6.27. The SMILES string of the molecule is C[C@@]1(F)CCCN(CB(O)O)C1(F)F. The lowest BCUT2D eigenvalue weighted by molar-refractivity contribution is -0.246. The number of hydrogen-bond acceptors (Lipinski definition) is 3. The summed E-state index contributed by atoms with van der Waals surface area (Å²) in [6, 6.07) is -3.63. The third-order valence-electron chi connectivity index (χ3n) is 2.48. The predicted molar refractivity (Wildman–Crippen MR) is 45.5 cm³/mol. The molecule has 1 aliphatic rings. The van der Waals surface area contributed by atoms with Gasteiger partial charge in [0.25, 0.3) is 0 Å². The maximum atomic E-state index is 13.4. The van der Waals surface area contributed by atoms with Crippen molar-refractivity contribution in [3.63, 3.8) is 0 Å². The molecule has 14 heavy (non-hydrogen) atoms. The maximum Gasteiger partial charge on any atom is 0.466 e. The van der Waals surface area contributed by atoms with Crippen LogP contribution in [0.2, 0.25) is 0 Å². The van der Waals surface area contributed by atoms with E-state index in [0.29, 0.717) is 4.90 Å². The Hall–Kier alpha value is -0.265. The average molecular weight is 211 g/mol. The normalized spacial score (nSPS) is 33.0. The van der Waals surface area contributed by atoms with Crippen LogP contribution in [0.1, 0.15) is 19.8 Å². The third kappa shape index (κ3) is 2.04. The van der Waals surface area contributed by atoms with Gasteiger partial charge in [0.1, 0.15) is 0 Å². The summed E-state index contributed by atoms with van der Waals surface area (Å²) >= 11 is 0. The Balaban J connectivity index is 2.76. The van der Waals surface area contributed by atoms with Gasteiger partial charge in [-0.3, -0.25) is 0 Å². The fourth-order valence-corrected chi connectivity index (χ4v) is 1.63. The lowest BCUT2D eigenvalue weighted by Crippen LogP contribution is -2.60. The first-order valence-corrected chi connectivity index (χ1v) is 4.45. The summed E-state index contributed by atoms with van der Waals surface area (Å²) in [7, 11) is -1.87. The van der Waals surface area contributed by atoms with Crippen LogP contribution in [0.3, 0.4) is 0 Å². The topological polar surface area (TPSA) is 43.7 Å². The van der Waals surface area contributed by atoms with Gasteiger partial charge >= 0.3 is 13.2 Å². The fraction of sp³-hybridized carbons (Fsp3) is 1.00. The van der Waals surface area contributed by atoms with Gasteiger partial charge in [0.05, 0.1) is 0 Å². The highest BCUT2D eigenvalue weighted by atomic mass is 19.3. The van der Waals surface area contributed by atoms with Crippen molar-refractivity contribution in [1.82, 2.24) is 4.90 Å². The van der Waals surface area contributed by atoms with Gasteiger partial charge in [-0.1, -0.05) is 0 Å². The second-order valence-corrected chi connectivity index (χ2v) is 3.77. The molecular weight excluding hydrogens is 198 g/mol. The molecule has 0 radical (unpaired) electrons. The molecule has 1 saturated heterocycles. The Morgan fingerprint density at radius 3 is 2.43 bits per heavy atom. The maximum absolute atomic E-state index is 13.4. The number of rotatable bonds is 2. The lowest BCUT2D eigenvalue weighted by Gasteiger charge is -2.42. The van der Waals surface area contributed by atoms with Gasteiger partial charge in [0.15, 0.2) is 5.67 Å². The number of likely N-dealkylation sites (tertiary alicyclic amines) is 1. The van der Waals surface area contributed by atoms with Crippen LogP contribution >= 0.6 is 0 Å². The van der Waals surface area contributed by atoms with Crippen LogP contribution < -0.4 is 0 Å². The summed E-state index contributed by atoms with van der Waals surface area (Å²) in [6.07, 6.45) is -0.556. The minimum Gasteiger partial charge on any atom is -0.426 e. The van der Waals surface area contributed by atoms with Gasteiger partial charge in [-0.25, -0.2) is 9.29 Å². The van der Waals surface area contributed by atoms with Crippen molar-refractivity contribution in [3.05, 3.63) is 0 Å². The molecule has 0 aromatic heterocycles. The molecular formula is C7H13BF3NO2. The van der Waals surface area contributed by atoms with E-state index in [1.807, 2.05) is 0 Å². The molecule has 2 N–H and O–H groups in total. The van der Waals surface area contributed by atoms with E-state index >= 15 is 0 Å². The van der Waals surface area contributed by atoms with E-state index in [4.69, 9.17) is 10.0 Å². The number of alkyl halides is 3. The van der Waals surface area contributed by atoms with Crippen LogP contribution in [-0.2, 0) is 0 Å². The monoisotopic (exact) mass is 211 g/mol. The molecule has 0 aromatic carbocycles. The highest BCUT2D eigenvalue weighted by Gasteiger charge is 2.57. The Kier molecular flexibility index (Phi) is 3.13. The molecule has 0 amide bonds. The van der Waals surface area contributed by atoms with Gasteiger partial charge in [0, 0.05) is 13.0 Å². The van der Waals surface area contributed by atoms with Gasteiger partial charge < -0.3 is 10.0 Å². The summed E-state index contributed by atoms with van der Waals surface area (Å²) in [6.45, 7) is 0.813. The quantitative estimate of drug-likeness (QED) is 0.513. The Labute approximate surface area is 80.7 Å². The highest BCUT2D eigenvalue weighted by molar-refractivity contribution is 6.41. The molecule has 0 saturated carbocycles. The van der Waals surface area contributed by atoms with Gasteiger partial charge in [-0.2, -0.15) is 8.78 Å². The molecule has 1 heterocycles. The first kappa shape index (κ1) is 11.8. The van der Waals surface area contributed by atoms with Crippen molar-refractivity contribution in [2.45, 2.75) is 31.5 Å². The zero-order chi connectivity index (χ0) is 11.0. The van der Waals surface area contributed by atoms with Crippen LogP contribution in [0.25, 0.3) is 0 Å². The van der Waals surface area contributed by atoms with E-state index in [-0.39, 0.29) is 19.4 Å². The highest BCUT2D eigenvalue weighted by Crippen LogP contribution is 2.42. The molecule has 0 aromatic rings. The molecule has 3 nitrogen and oxygen atoms in total. The molecule has 1 aliphatic heterocycles. The van der Waals surface area contributed by atoms with E-state index in [2.05, 4.69) is 0 Å². The van der Waals surface area contributed by atoms with E-state index in [1.54, 1.807) is 0 Å². The molecule has 7 heteroatoms. The smallest absolute Gasteiger partial charge is 0.426 e. The number of nitrogens with zero attached hydrogens (tertiary/aromatic N) is 1. The van der Waals surface area contributed by atoms with Crippen molar-refractivity contribution < 1.29 is 23.2 Å². The van der Waals surface area contributed by atoms with Crippen molar-refractivity contribution in [2.24, 2.45) is 0 Å². The lowest BCUT2D eigenvalue weighted by atomic mass is 9.86. The largest absolute Gasteiger partial charge is 0.466 e. The zero-order valence-corrected chi connectivity index (χ0v) is 7.88. The molecule has 0 aliphatic carbocycles. The van der Waals surface area contributed by atoms with Crippen LogP contribution in [0.15, 0.2) is 0 Å². The van der Waals surface area contributed by atoms with Crippen LogP contribution in [-0.4, -0.2) is 46.8 Å². The Bertz CT molecular complexity index is 213. The molecule has 1 atom stereocenters. The van der Waals surface area contributed by atoms with E-state index in [0.717, 1.165) is 6.92 Å². The molecule has 82 valence electrons. The molecule has 1 rings (SSSR count). The number of hydrogen-bond donors (Lipinski definition) is 2. The van der Waals surface area contributed by atoms with Gasteiger partial charge in [0.2, 0.25) is 0 Å². The standard InChI is InChI=1S/C7H13BF3NO2/c1-6(9)3-2-4-12(5-8(13)14)7(6,10)11/h13-14H,2-5H2,1H3/t6-/m1/s1.